The van der Waals surface area contributed by atoms with Gasteiger partial charge in [0.2, 0.25) is 0 Å². The SMILES string of the molecule is CC(C)(C)OC(=O)Nc1cc(NC(=O)N2CCc3ccccc3C2)ccc1F. The maximum atomic E-state index is 14.0. The Labute approximate surface area is 163 Å². The quantitative estimate of drug-likeness (QED) is 0.783. The molecule has 0 radical (unpaired) electrons. The van der Waals surface area contributed by atoms with Gasteiger partial charge in [0.1, 0.15) is 11.4 Å². The van der Waals surface area contributed by atoms with Gasteiger partial charge in [-0.1, -0.05) is 24.3 Å². The smallest absolute Gasteiger partial charge is 0.412 e. The number of hydrogen-bond acceptors (Lipinski definition) is 3. The molecule has 0 saturated heterocycles. The van der Waals surface area contributed by atoms with E-state index in [1.165, 1.54) is 23.8 Å². The van der Waals surface area contributed by atoms with Crippen LogP contribution in [0.25, 0.3) is 0 Å². The molecule has 3 amide bonds. The van der Waals surface area contributed by atoms with Crippen LogP contribution in [0, 0.1) is 5.82 Å². The van der Waals surface area contributed by atoms with Gasteiger partial charge in [-0.3, -0.25) is 5.32 Å². The maximum absolute atomic E-state index is 14.0. The summed E-state index contributed by atoms with van der Waals surface area (Å²) in [6.45, 7) is 6.28. The summed E-state index contributed by atoms with van der Waals surface area (Å²) < 4.78 is 19.2. The Morgan fingerprint density at radius 2 is 1.79 bits per heavy atom. The molecule has 148 valence electrons. The van der Waals surface area contributed by atoms with Gasteiger partial charge in [-0.05, 0) is 56.5 Å². The molecule has 1 aliphatic rings. The molecule has 2 aromatic carbocycles. The normalized spacial score (nSPS) is 13.5. The number of anilines is 2. The molecule has 6 nitrogen and oxygen atoms in total. The van der Waals surface area contributed by atoms with Crippen LogP contribution in [0.3, 0.4) is 0 Å². The van der Waals surface area contributed by atoms with E-state index in [9.17, 15) is 14.0 Å². The second-order valence-corrected chi connectivity index (χ2v) is 7.69. The van der Waals surface area contributed by atoms with Crippen LogP contribution in [0.5, 0.6) is 0 Å². The van der Waals surface area contributed by atoms with Crippen molar-refractivity contribution in [3.63, 3.8) is 0 Å². The van der Waals surface area contributed by atoms with Crippen molar-refractivity contribution in [1.82, 2.24) is 4.90 Å². The minimum atomic E-state index is -0.762. The Kier molecular flexibility index (Phi) is 5.53. The Morgan fingerprint density at radius 3 is 2.50 bits per heavy atom. The van der Waals surface area contributed by atoms with Gasteiger partial charge in [-0.2, -0.15) is 0 Å². The zero-order valence-corrected chi connectivity index (χ0v) is 16.2. The van der Waals surface area contributed by atoms with Crippen molar-refractivity contribution < 1.29 is 18.7 Å². The van der Waals surface area contributed by atoms with Crippen LogP contribution in [0.1, 0.15) is 31.9 Å². The molecule has 1 heterocycles. The first-order valence-corrected chi connectivity index (χ1v) is 9.13. The number of fused-ring (bicyclic) bond motifs is 1. The fraction of sp³-hybridized carbons (Fsp3) is 0.333. The lowest BCUT2D eigenvalue weighted by molar-refractivity contribution is 0.0635. The molecule has 1 aliphatic heterocycles. The summed E-state index contributed by atoms with van der Waals surface area (Å²) in [5, 5.41) is 5.13. The zero-order valence-electron chi connectivity index (χ0n) is 16.2. The van der Waals surface area contributed by atoms with E-state index < -0.39 is 17.5 Å². The van der Waals surface area contributed by atoms with E-state index in [2.05, 4.69) is 16.7 Å². The van der Waals surface area contributed by atoms with Crippen LogP contribution < -0.4 is 10.6 Å². The molecular formula is C21H24FN3O3. The average Bonchev–Trinajstić information content (AvgIpc) is 2.62. The first kappa shape index (κ1) is 19.7. The Bertz CT molecular complexity index is 893. The van der Waals surface area contributed by atoms with E-state index in [0.717, 1.165) is 12.0 Å². The third-order valence-corrected chi connectivity index (χ3v) is 4.27. The van der Waals surface area contributed by atoms with Gasteiger partial charge >= 0.3 is 12.1 Å². The number of amides is 3. The predicted octanol–water partition coefficient (Wildman–Crippen LogP) is 4.76. The fourth-order valence-corrected chi connectivity index (χ4v) is 2.98. The monoisotopic (exact) mass is 385 g/mol. The van der Waals surface area contributed by atoms with Crippen LogP contribution >= 0.6 is 0 Å². The van der Waals surface area contributed by atoms with Crippen molar-refractivity contribution >= 4 is 23.5 Å². The molecule has 2 N–H and O–H groups in total. The number of halogens is 1. The molecule has 0 saturated carbocycles. The molecule has 0 fully saturated rings. The molecule has 0 bridgehead atoms. The van der Waals surface area contributed by atoms with Crippen molar-refractivity contribution in [2.45, 2.75) is 39.3 Å². The van der Waals surface area contributed by atoms with Gasteiger partial charge in [0.05, 0.1) is 5.69 Å². The van der Waals surface area contributed by atoms with Gasteiger partial charge in [0, 0.05) is 18.8 Å². The zero-order chi connectivity index (χ0) is 20.3. The van der Waals surface area contributed by atoms with Gasteiger partial charge in [-0.15, -0.1) is 0 Å². The molecular weight excluding hydrogens is 361 g/mol. The lowest BCUT2D eigenvalue weighted by Crippen LogP contribution is -2.38. The highest BCUT2D eigenvalue weighted by atomic mass is 19.1. The van der Waals surface area contributed by atoms with Crippen LogP contribution in [0.4, 0.5) is 25.4 Å². The standard InChI is InChI=1S/C21H24FN3O3/c1-21(2,3)28-20(27)24-18-12-16(8-9-17(18)22)23-19(26)25-11-10-14-6-4-5-7-15(14)13-25/h4-9,12H,10-11,13H2,1-3H3,(H,23,26)(H,24,27). The number of ether oxygens (including phenoxy) is 1. The summed E-state index contributed by atoms with van der Waals surface area (Å²) in [6, 6.07) is 11.8. The molecule has 3 rings (SSSR count). The topological polar surface area (TPSA) is 70.7 Å². The summed E-state index contributed by atoms with van der Waals surface area (Å²) >= 11 is 0. The van der Waals surface area contributed by atoms with Crippen LogP contribution in [0.2, 0.25) is 0 Å². The number of hydrogen-bond donors (Lipinski definition) is 2. The number of nitrogens with zero attached hydrogens (tertiary/aromatic N) is 1. The fourth-order valence-electron chi connectivity index (χ4n) is 2.98. The molecule has 0 aromatic heterocycles. The third-order valence-electron chi connectivity index (χ3n) is 4.27. The molecule has 7 heteroatoms. The van der Waals surface area contributed by atoms with Crippen molar-refractivity contribution in [3.05, 3.63) is 59.4 Å². The summed E-state index contributed by atoms with van der Waals surface area (Å²) in [7, 11) is 0. The van der Waals surface area contributed by atoms with Gasteiger partial charge in [0.25, 0.3) is 0 Å². The third kappa shape index (κ3) is 5.00. The first-order valence-electron chi connectivity index (χ1n) is 9.13. The van der Waals surface area contributed by atoms with Crippen molar-refractivity contribution in [1.29, 1.82) is 0 Å². The van der Waals surface area contributed by atoms with Crippen molar-refractivity contribution in [2.75, 3.05) is 17.2 Å². The van der Waals surface area contributed by atoms with Gasteiger partial charge in [0.15, 0.2) is 0 Å². The minimum Gasteiger partial charge on any atom is -0.444 e. The number of nitrogens with one attached hydrogen (secondary N) is 2. The Morgan fingerprint density at radius 1 is 1.07 bits per heavy atom. The molecule has 2 aromatic rings. The van der Waals surface area contributed by atoms with Crippen LogP contribution in [0.15, 0.2) is 42.5 Å². The maximum Gasteiger partial charge on any atom is 0.412 e. The number of rotatable bonds is 2. The lowest BCUT2D eigenvalue weighted by Gasteiger charge is -2.29. The Balaban J connectivity index is 1.66. The van der Waals surface area contributed by atoms with Crippen molar-refractivity contribution in [2.24, 2.45) is 0 Å². The second-order valence-electron chi connectivity index (χ2n) is 7.69. The van der Waals surface area contributed by atoms with E-state index in [0.29, 0.717) is 18.8 Å². The highest BCUT2D eigenvalue weighted by molar-refractivity contribution is 5.91. The van der Waals surface area contributed by atoms with E-state index >= 15 is 0 Å². The first-order chi connectivity index (χ1) is 13.2. The number of urea groups is 1. The van der Waals surface area contributed by atoms with E-state index in [4.69, 9.17) is 4.74 Å². The predicted molar refractivity (Wildman–Crippen MR) is 106 cm³/mol. The number of carbonyl (C=O) groups is 2. The van der Waals surface area contributed by atoms with E-state index in [1.807, 2.05) is 18.2 Å². The highest BCUT2D eigenvalue weighted by Crippen LogP contribution is 2.23. The largest absolute Gasteiger partial charge is 0.444 e. The van der Waals surface area contributed by atoms with Crippen LogP contribution in [-0.4, -0.2) is 29.2 Å². The average molecular weight is 385 g/mol. The summed E-state index contributed by atoms with van der Waals surface area (Å²) in [4.78, 5) is 26.2. The van der Waals surface area contributed by atoms with Gasteiger partial charge in [-0.25, -0.2) is 14.0 Å². The molecule has 0 aliphatic carbocycles. The summed E-state index contributed by atoms with van der Waals surface area (Å²) in [5.74, 6) is -0.615. The molecule has 0 atom stereocenters. The molecule has 0 unspecified atom stereocenters. The molecule has 28 heavy (non-hydrogen) atoms. The summed E-state index contributed by atoms with van der Waals surface area (Å²) in [5.41, 5.74) is 2.00. The Hall–Kier alpha value is -3.09. The van der Waals surface area contributed by atoms with Crippen LogP contribution in [-0.2, 0) is 17.7 Å². The highest BCUT2D eigenvalue weighted by Gasteiger charge is 2.21. The number of carbonyl (C=O) groups excluding carboxylic acids is 2. The minimum absolute atomic E-state index is 0.0592. The second kappa shape index (κ2) is 7.88. The lowest BCUT2D eigenvalue weighted by atomic mass is 10.0. The molecule has 0 spiro atoms. The van der Waals surface area contributed by atoms with E-state index in [1.54, 1.807) is 25.7 Å². The van der Waals surface area contributed by atoms with E-state index in [-0.39, 0.29) is 11.7 Å². The van der Waals surface area contributed by atoms with Gasteiger partial charge < -0.3 is 15.0 Å². The number of benzene rings is 2. The van der Waals surface area contributed by atoms with Crippen molar-refractivity contribution in [3.8, 4) is 0 Å². The summed E-state index contributed by atoms with van der Waals surface area (Å²) in [6.07, 6.45) is 0.0286.